The quantitative estimate of drug-likeness (QED) is 0.754. The van der Waals surface area contributed by atoms with Crippen LogP contribution in [0, 0.1) is 5.92 Å². The van der Waals surface area contributed by atoms with Gasteiger partial charge in [-0.3, -0.25) is 9.69 Å². The third-order valence-electron chi connectivity index (χ3n) is 5.59. The number of methoxy groups -OCH3 is 2. The van der Waals surface area contributed by atoms with Crippen molar-refractivity contribution in [3.63, 3.8) is 0 Å². The van der Waals surface area contributed by atoms with Crippen LogP contribution in [0.1, 0.15) is 12.8 Å². The minimum Gasteiger partial charge on any atom is -0.497 e. The Labute approximate surface area is 175 Å². The first kappa shape index (κ1) is 22.7. The van der Waals surface area contributed by atoms with Gasteiger partial charge < -0.3 is 19.3 Å². The van der Waals surface area contributed by atoms with Crippen molar-refractivity contribution in [1.82, 2.24) is 4.90 Å². The van der Waals surface area contributed by atoms with Gasteiger partial charge in [-0.05, 0) is 38.1 Å². The molecule has 2 bridgehead atoms. The number of carboxylic acids is 1. The fourth-order valence-electron chi connectivity index (χ4n) is 4.07. The van der Waals surface area contributed by atoms with Gasteiger partial charge in [-0.25, -0.2) is 14.5 Å². The summed E-state index contributed by atoms with van der Waals surface area (Å²) in [7, 11) is 3.04. The lowest BCUT2D eigenvalue weighted by molar-refractivity contribution is -0.192. The van der Waals surface area contributed by atoms with Crippen molar-refractivity contribution in [2.75, 3.05) is 38.8 Å². The number of nitrogens with zero attached hydrogens (tertiary/aromatic N) is 2. The number of carboxylic acid groups (broad SMARTS) is 1. The number of benzene rings is 1. The molecule has 2 amide bonds. The predicted octanol–water partition coefficient (Wildman–Crippen LogP) is 2.28. The topological polar surface area (TPSA) is 106 Å². The maximum Gasteiger partial charge on any atom is 0.490 e. The van der Waals surface area contributed by atoms with Crippen LogP contribution in [0.15, 0.2) is 18.2 Å². The predicted molar refractivity (Wildman–Crippen MR) is 99.1 cm³/mol. The lowest BCUT2D eigenvalue weighted by atomic mass is 9.75. The summed E-state index contributed by atoms with van der Waals surface area (Å²) in [5, 5.41) is 7.12. The van der Waals surface area contributed by atoms with E-state index >= 15 is 0 Å². The van der Waals surface area contributed by atoms with Crippen LogP contribution >= 0.6 is 0 Å². The minimum atomic E-state index is -5.08. The van der Waals surface area contributed by atoms with E-state index in [2.05, 4.69) is 4.90 Å². The molecule has 1 aromatic carbocycles. The molecule has 4 heterocycles. The van der Waals surface area contributed by atoms with Crippen LogP contribution in [0.4, 0.5) is 23.7 Å². The zero-order chi connectivity index (χ0) is 23.0. The summed E-state index contributed by atoms with van der Waals surface area (Å²) in [4.78, 5) is 37.9. The third-order valence-corrected chi connectivity index (χ3v) is 5.59. The Kier molecular flexibility index (Phi) is 6.03. The maximum absolute atomic E-state index is 13.2. The number of imide groups is 1. The number of halogens is 3. The van der Waals surface area contributed by atoms with E-state index in [1.54, 1.807) is 25.3 Å². The second-order valence-corrected chi connectivity index (χ2v) is 7.29. The number of fused-ring (bicyclic) bond motifs is 2. The van der Waals surface area contributed by atoms with Gasteiger partial charge in [0.05, 0.1) is 19.9 Å². The number of carbonyl (C=O) groups excluding carboxylic acids is 2. The Morgan fingerprint density at radius 3 is 2.26 bits per heavy atom. The number of piperidine rings is 3. The highest BCUT2D eigenvalue weighted by Gasteiger charge is 2.62. The van der Waals surface area contributed by atoms with Crippen LogP contribution in [0.3, 0.4) is 0 Å². The second kappa shape index (κ2) is 8.25. The summed E-state index contributed by atoms with van der Waals surface area (Å²) in [5.41, 5.74) is -0.653. The summed E-state index contributed by atoms with van der Waals surface area (Å²) in [5.74, 6) is -1.96. The van der Waals surface area contributed by atoms with Crippen molar-refractivity contribution >= 4 is 23.7 Å². The largest absolute Gasteiger partial charge is 0.497 e. The Hall–Kier alpha value is -3.02. The highest BCUT2D eigenvalue weighted by atomic mass is 19.4. The molecular weight excluding hydrogens is 425 g/mol. The van der Waals surface area contributed by atoms with Gasteiger partial charge in [0.1, 0.15) is 11.5 Å². The molecule has 31 heavy (non-hydrogen) atoms. The molecule has 0 saturated carbocycles. The average Bonchev–Trinajstić information content (AvgIpc) is 2.97. The number of ether oxygens (including phenoxy) is 3. The number of anilines is 1. The lowest BCUT2D eigenvalue weighted by Crippen LogP contribution is -2.63. The van der Waals surface area contributed by atoms with Gasteiger partial charge in [0.25, 0.3) is 5.91 Å². The summed E-state index contributed by atoms with van der Waals surface area (Å²) >= 11 is 0. The molecule has 4 saturated heterocycles. The van der Waals surface area contributed by atoms with E-state index in [1.165, 1.54) is 7.11 Å². The first-order chi connectivity index (χ1) is 14.5. The first-order valence-corrected chi connectivity index (χ1v) is 9.35. The first-order valence-electron chi connectivity index (χ1n) is 9.35. The number of amides is 2. The smallest absolute Gasteiger partial charge is 0.490 e. The van der Waals surface area contributed by atoms with E-state index in [0.717, 1.165) is 30.8 Å². The number of alkyl halides is 3. The van der Waals surface area contributed by atoms with Crippen LogP contribution in [0.25, 0.3) is 0 Å². The summed E-state index contributed by atoms with van der Waals surface area (Å²) < 4.78 is 47.9. The zero-order valence-corrected chi connectivity index (χ0v) is 16.8. The van der Waals surface area contributed by atoms with Crippen molar-refractivity contribution in [2.24, 2.45) is 5.92 Å². The Balaban J connectivity index is 0.000000339. The van der Waals surface area contributed by atoms with Gasteiger partial charge >= 0.3 is 18.2 Å². The Bertz CT molecular complexity index is 884. The van der Waals surface area contributed by atoms with Gasteiger partial charge in [-0.15, -0.1) is 0 Å². The SMILES string of the molecule is COc1ccc(N2C(=O)OC3(CN4CCC3CC4)C2=O)c(OC)c1.O=C(O)C(F)(F)F. The van der Waals surface area contributed by atoms with Crippen molar-refractivity contribution in [3.8, 4) is 11.5 Å². The maximum atomic E-state index is 13.2. The van der Waals surface area contributed by atoms with Crippen LogP contribution in [0.2, 0.25) is 0 Å². The molecule has 1 unspecified atom stereocenters. The molecule has 4 aliphatic heterocycles. The van der Waals surface area contributed by atoms with Crippen LogP contribution < -0.4 is 14.4 Å². The molecule has 1 N–H and O–H groups in total. The fourth-order valence-corrected chi connectivity index (χ4v) is 4.07. The van der Waals surface area contributed by atoms with E-state index in [-0.39, 0.29) is 11.8 Å². The molecule has 170 valence electrons. The Morgan fingerprint density at radius 1 is 1.19 bits per heavy atom. The summed E-state index contributed by atoms with van der Waals surface area (Å²) in [6.45, 7) is 2.41. The normalized spacial score (nSPS) is 26.9. The van der Waals surface area contributed by atoms with Gasteiger partial charge in [0.15, 0.2) is 0 Å². The van der Waals surface area contributed by atoms with Crippen LogP contribution in [-0.2, 0) is 14.3 Å². The van der Waals surface area contributed by atoms with Crippen molar-refractivity contribution in [2.45, 2.75) is 24.6 Å². The van der Waals surface area contributed by atoms with E-state index in [4.69, 9.17) is 24.1 Å². The fraction of sp³-hybridized carbons (Fsp3) is 0.526. The molecule has 0 aromatic heterocycles. The molecular formula is C19H21F3N2O7. The lowest BCUT2D eigenvalue weighted by Gasteiger charge is -2.48. The molecule has 1 atom stereocenters. The molecule has 9 nitrogen and oxygen atoms in total. The van der Waals surface area contributed by atoms with E-state index < -0.39 is 23.8 Å². The van der Waals surface area contributed by atoms with Crippen molar-refractivity contribution in [1.29, 1.82) is 0 Å². The number of rotatable bonds is 3. The van der Waals surface area contributed by atoms with Crippen LogP contribution in [0.5, 0.6) is 11.5 Å². The average molecular weight is 446 g/mol. The molecule has 12 heteroatoms. The molecule has 1 aromatic rings. The number of hydrogen-bond donors (Lipinski definition) is 1. The van der Waals surface area contributed by atoms with E-state index in [9.17, 15) is 22.8 Å². The molecule has 5 rings (SSSR count). The number of aliphatic carboxylic acids is 1. The summed E-state index contributed by atoms with van der Waals surface area (Å²) in [6, 6.07) is 4.99. The number of hydrogen-bond acceptors (Lipinski definition) is 7. The molecule has 4 aliphatic rings. The minimum absolute atomic E-state index is 0.0909. The zero-order valence-electron chi connectivity index (χ0n) is 16.8. The van der Waals surface area contributed by atoms with E-state index in [1.807, 2.05) is 0 Å². The standard InChI is InChI=1S/C17H20N2O5.C2HF3O2/c1-22-12-3-4-13(14(9-12)23-2)19-15(20)17(24-16(19)21)10-18-7-5-11(17)6-8-18;3-2(4,5)1(6)7/h3-4,9,11H,5-8,10H2,1-2H3;(H,6,7). The molecule has 0 aliphatic carbocycles. The van der Waals surface area contributed by atoms with Crippen LogP contribution in [-0.4, -0.2) is 73.6 Å². The highest BCUT2D eigenvalue weighted by Crippen LogP contribution is 2.46. The molecule has 1 spiro atoms. The summed E-state index contributed by atoms with van der Waals surface area (Å²) in [6.07, 6.45) is -3.95. The molecule has 0 radical (unpaired) electrons. The monoisotopic (exact) mass is 446 g/mol. The number of carbonyl (C=O) groups is 3. The van der Waals surface area contributed by atoms with Gasteiger partial charge in [0, 0.05) is 18.5 Å². The third kappa shape index (κ3) is 4.11. The second-order valence-electron chi connectivity index (χ2n) is 7.29. The molecule has 4 fully saturated rings. The van der Waals surface area contributed by atoms with Gasteiger partial charge in [-0.2, -0.15) is 13.2 Å². The Morgan fingerprint density at radius 2 is 1.81 bits per heavy atom. The highest BCUT2D eigenvalue weighted by molar-refractivity contribution is 6.21. The van der Waals surface area contributed by atoms with Crippen molar-refractivity contribution in [3.05, 3.63) is 18.2 Å². The van der Waals surface area contributed by atoms with Gasteiger partial charge in [0.2, 0.25) is 5.60 Å². The van der Waals surface area contributed by atoms with Gasteiger partial charge in [-0.1, -0.05) is 0 Å². The van der Waals surface area contributed by atoms with Crippen molar-refractivity contribution < 1.29 is 46.9 Å². The van der Waals surface area contributed by atoms with E-state index in [0.29, 0.717) is 23.7 Å².